The Bertz CT molecular complexity index is 1330. The molecule has 0 radical (unpaired) electrons. The molecule has 212 valence electrons. The summed E-state index contributed by atoms with van der Waals surface area (Å²) in [5, 5.41) is 6.09. The van der Waals surface area contributed by atoms with Crippen molar-refractivity contribution < 1.29 is 23.5 Å². The molecule has 1 aliphatic rings. The molecule has 0 bridgehead atoms. The maximum absolute atomic E-state index is 14.6. The number of hydrogen-bond donors (Lipinski definition) is 2. The van der Waals surface area contributed by atoms with E-state index in [1.54, 1.807) is 29.2 Å². The smallest absolute Gasteiger partial charge is 0.410 e. The summed E-state index contributed by atoms with van der Waals surface area (Å²) < 4.78 is 26.7. The fourth-order valence-electron chi connectivity index (χ4n) is 4.38. The fraction of sp³-hybridized carbons (Fsp3) is 0.333. The van der Waals surface area contributed by atoms with E-state index in [4.69, 9.17) is 21.1 Å². The van der Waals surface area contributed by atoms with Gasteiger partial charge in [0.2, 0.25) is 0 Å². The highest BCUT2D eigenvalue weighted by Gasteiger charge is 2.29. The monoisotopic (exact) mass is 631 g/mol. The lowest BCUT2D eigenvalue weighted by Gasteiger charge is -2.34. The third-order valence-electron chi connectivity index (χ3n) is 6.31. The normalized spacial score (nSPS) is 16.2. The van der Waals surface area contributed by atoms with Crippen molar-refractivity contribution in [3.63, 3.8) is 0 Å². The SMILES string of the molecule is CC(C)(C)OC(=O)N1CCOC(c2ccc(NC(=O)NC(Cc3c(F)cccc3Cl)c3ccccc3Br)cc2)C1. The average molecular weight is 633 g/mol. The van der Waals surface area contributed by atoms with Gasteiger partial charge in [-0.2, -0.15) is 0 Å². The first-order chi connectivity index (χ1) is 19.0. The Labute approximate surface area is 247 Å². The van der Waals surface area contributed by atoms with Gasteiger partial charge in [0.05, 0.1) is 19.2 Å². The van der Waals surface area contributed by atoms with Crippen LogP contribution >= 0.6 is 27.5 Å². The summed E-state index contributed by atoms with van der Waals surface area (Å²) >= 11 is 9.82. The molecular formula is C30H32BrClFN3O4. The third kappa shape index (κ3) is 7.96. The van der Waals surface area contributed by atoms with Gasteiger partial charge < -0.3 is 25.0 Å². The molecule has 1 aliphatic heterocycles. The number of nitrogens with zero attached hydrogens (tertiary/aromatic N) is 1. The van der Waals surface area contributed by atoms with E-state index in [0.29, 0.717) is 36.0 Å². The molecule has 1 heterocycles. The van der Waals surface area contributed by atoms with Crippen LogP contribution in [0.2, 0.25) is 5.02 Å². The summed E-state index contributed by atoms with van der Waals surface area (Å²) in [5.74, 6) is -0.433. The van der Waals surface area contributed by atoms with Gasteiger partial charge in [0, 0.05) is 33.7 Å². The molecule has 0 saturated carbocycles. The predicted octanol–water partition coefficient (Wildman–Crippen LogP) is 7.66. The van der Waals surface area contributed by atoms with Crippen LogP contribution in [0.1, 0.15) is 49.6 Å². The molecule has 10 heteroatoms. The fourth-order valence-corrected chi connectivity index (χ4v) is 5.18. The van der Waals surface area contributed by atoms with Gasteiger partial charge in [-0.15, -0.1) is 0 Å². The van der Waals surface area contributed by atoms with Gasteiger partial charge in [0.1, 0.15) is 17.5 Å². The zero-order valence-corrected chi connectivity index (χ0v) is 24.9. The standard InChI is InChI=1S/C30H32BrClFN3O4/c1-30(2,3)40-29(38)36-15-16-39-27(18-36)19-11-13-20(14-12-19)34-28(37)35-26(21-7-4-5-8-23(21)31)17-22-24(32)9-6-10-25(22)33/h4-14,26-27H,15-18H2,1-3H3,(H2,34,35,37). The van der Waals surface area contributed by atoms with E-state index in [1.165, 1.54) is 6.07 Å². The Hall–Kier alpha value is -3.14. The van der Waals surface area contributed by atoms with Gasteiger partial charge in [-0.3, -0.25) is 0 Å². The van der Waals surface area contributed by atoms with Gasteiger partial charge in [-0.1, -0.05) is 63.9 Å². The number of rotatable bonds is 6. The number of carbonyl (C=O) groups is 2. The van der Waals surface area contributed by atoms with Crippen LogP contribution in [0.5, 0.6) is 0 Å². The first-order valence-corrected chi connectivity index (χ1v) is 14.1. The van der Waals surface area contributed by atoms with Crippen LogP contribution in [-0.2, 0) is 15.9 Å². The van der Waals surface area contributed by atoms with Crippen LogP contribution in [0.4, 0.5) is 19.7 Å². The molecule has 4 rings (SSSR count). The Balaban J connectivity index is 1.42. The van der Waals surface area contributed by atoms with Crippen LogP contribution in [0.15, 0.2) is 71.2 Å². The van der Waals surface area contributed by atoms with E-state index >= 15 is 0 Å². The summed E-state index contributed by atoms with van der Waals surface area (Å²) in [6.45, 7) is 6.73. The number of morpholine rings is 1. The molecule has 1 fully saturated rings. The molecule has 40 heavy (non-hydrogen) atoms. The molecular weight excluding hydrogens is 601 g/mol. The molecule has 3 aromatic carbocycles. The van der Waals surface area contributed by atoms with Crippen molar-refractivity contribution in [1.29, 1.82) is 0 Å². The second-order valence-corrected chi connectivity index (χ2v) is 11.7. The lowest BCUT2D eigenvalue weighted by molar-refractivity contribution is -0.0432. The first-order valence-electron chi connectivity index (χ1n) is 12.9. The number of urea groups is 1. The molecule has 1 saturated heterocycles. The number of amides is 3. The quantitative estimate of drug-likeness (QED) is 0.293. The number of ether oxygens (including phenoxy) is 2. The van der Waals surface area contributed by atoms with Crippen molar-refractivity contribution in [3.8, 4) is 0 Å². The molecule has 3 aromatic rings. The minimum absolute atomic E-state index is 0.160. The molecule has 0 aromatic heterocycles. The zero-order chi connectivity index (χ0) is 28.9. The number of benzene rings is 3. The second-order valence-electron chi connectivity index (χ2n) is 10.5. The summed E-state index contributed by atoms with van der Waals surface area (Å²) in [4.78, 5) is 27.2. The van der Waals surface area contributed by atoms with Crippen LogP contribution in [-0.4, -0.2) is 42.3 Å². The maximum atomic E-state index is 14.6. The zero-order valence-electron chi connectivity index (χ0n) is 22.5. The Morgan fingerprint density at radius 3 is 2.52 bits per heavy atom. The largest absolute Gasteiger partial charge is 0.444 e. The van der Waals surface area contributed by atoms with Crippen molar-refractivity contribution in [1.82, 2.24) is 10.2 Å². The summed E-state index contributed by atoms with van der Waals surface area (Å²) in [6, 6.07) is 18.2. The molecule has 2 atom stereocenters. The second kappa shape index (κ2) is 13.0. The third-order valence-corrected chi connectivity index (χ3v) is 7.39. The first kappa shape index (κ1) is 29.8. The molecule has 0 spiro atoms. The van der Waals surface area contributed by atoms with Crippen molar-refractivity contribution in [2.75, 3.05) is 25.0 Å². The van der Waals surface area contributed by atoms with Gasteiger partial charge in [0.25, 0.3) is 0 Å². The molecule has 2 unspecified atom stereocenters. The number of hydrogen-bond acceptors (Lipinski definition) is 4. The van der Waals surface area contributed by atoms with Crippen LogP contribution < -0.4 is 10.6 Å². The number of carbonyl (C=O) groups excluding carboxylic acids is 2. The van der Waals surface area contributed by atoms with Gasteiger partial charge in [0.15, 0.2) is 0 Å². The van der Waals surface area contributed by atoms with Crippen LogP contribution in [0, 0.1) is 5.82 Å². The predicted molar refractivity (Wildman–Crippen MR) is 157 cm³/mol. The van der Waals surface area contributed by atoms with E-state index in [1.807, 2.05) is 57.2 Å². The van der Waals surface area contributed by atoms with E-state index < -0.39 is 23.5 Å². The molecule has 0 aliphatic carbocycles. The van der Waals surface area contributed by atoms with Gasteiger partial charge in [-0.05, 0) is 62.2 Å². The van der Waals surface area contributed by atoms with Gasteiger partial charge in [-0.25, -0.2) is 14.0 Å². The minimum atomic E-state index is -0.574. The Kier molecular flexibility index (Phi) is 9.71. The Morgan fingerprint density at radius 1 is 1.12 bits per heavy atom. The molecule has 2 N–H and O–H groups in total. The highest BCUT2D eigenvalue weighted by Crippen LogP contribution is 2.30. The highest BCUT2D eigenvalue weighted by molar-refractivity contribution is 9.10. The summed E-state index contributed by atoms with van der Waals surface area (Å²) in [7, 11) is 0. The van der Waals surface area contributed by atoms with Crippen molar-refractivity contribution >= 4 is 45.3 Å². The van der Waals surface area contributed by atoms with Crippen molar-refractivity contribution in [2.45, 2.75) is 44.9 Å². The van der Waals surface area contributed by atoms with Crippen LogP contribution in [0.3, 0.4) is 0 Å². The lowest BCUT2D eigenvalue weighted by atomic mass is 9.98. The number of anilines is 1. The molecule has 3 amide bonds. The van der Waals surface area contributed by atoms with Gasteiger partial charge >= 0.3 is 12.1 Å². The van der Waals surface area contributed by atoms with E-state index in [0.717, 1.165) is 15.6 Å². The number of nitrogens with one attached hydrogen (secondary N) is 2. The van der Waals surface area contributed by atoms with E-state index in [9.17, 15) is 14.0 Å². The Morgan fingerprint density at radius 2 is 1.85 bits per heavy atom. The minimum Gasteiger partial charge on any atom is -0.444 e. The summed E-state index contributed by atoms with van der Waals surface area (Å²) in [6.07, 6.45) is -0.519. The number of halogens is 3. The topological polar surface area (TPSA) is 79.9 Å². The average Bonchev–Trinajstić information content (AvgIpc) is 2.90. The van der Waals surface area contributed by atoms with E-state index in [2.05, 4.69) is 26.6 Å². The van der Waals surface area contributed by atoms with Crippen molar-refractivity contribution in [3.05, 3.63) is 98.7 Å². The molecule has 7 nitrogen and oxygen atoms in total. The summed E-state index contributed by atoms with van der Waals surface area (Å²) in [5.41, 5.74) is 1.98. The highest BCUT2D eigenvalue weighted by atomic mass is 79.9. The maximum Gasteiger partial charge on any atom is 0.410 e. The van der Waals surface area contributed by atoms with E-state index in [-0.39, 0.29) is 18.6 Å². The van der Waals surface area contributed by atoms with Crippen LogP contribution in [0.25, 0.3) is 0 Å². The van der Waals surface area contributed by atoms with Crippen molar-refractivity contribution in [2.24, 2.45) is 0 Å². The lowest BCUT2D eigenvalue weighted by Crippen LogP contribution is -2.44.